The second kappa shape index (κ2) is 12.9. The molecule has 258 valence electrons. The van der Waals surface area contributed by atoms with Gasteiger partial charge in [-0.15, -0.1) is 11.3 Å². The Bertz CT molecular complexity index is 3200. The van der Waals surface area contributed by atoms with Crippen LogP contribution in [0.3, 0.4) is 0 Å². The highest BCUT2D eigenvalue weighted by molar-refractivity contribution is 7.25. The summed E-state index contributed by atoms with van der Waals surface area (Å²) < 4.78 is 9.01. The smallest absolute Gasteiger partial charge is 0.143 e. The van der Waals surface area contributed by atoms with Gasteiger partial charge in [0.1, 0.15) is 11.2 Å². The molecule has 0 saturated carbocycles. The minimum Gasteiger partial charge on any atom is -0.455 e. The van der Waals surface area contributed by atoms with Crippen molar-refractivity contribution in [3.63, 3.8) is 0 Å². The maximum absolute atomic E-state index is 6.41. The standard InChI is InChI=1S/C52H33NOS/c1-2-14-42-35(10-1)11-8-17-43(42)38-13-7-12-37(32-38)34-22-26-39(27-23-34)53(41-30-31-51-48(33-41)46-16-4-6-21-50(46)55-51)40-28-24-36(25-29-40)44-18-9-19-47-45-15-3-5-20-49(45)54-52(44)47/h1-33H. The molecular formula is C52H33NOS. The fourth-order valence-electron chi connectivity index (χ4n) is 8.21. The highest BCUT2D eigenvalue weighted by Gasteiger charge is 2.17. The third kappa shape index (κ3) is 5.40. The molecule has 11 aromatic rings. The van der Waals surface area contributed by atoms with E-state index in [4.69, 9.17) is 4.42 Å². The van der Waals surface area contributed by atoms with Crippen molar-refractivity contribution in [3.8, 4) is 33.4 Å². The second-order valence-electron chi connectivity index (χ2n) is 14.1. The number of anilines is 3. The molecule has 0 amide bonds. The first-order valence-corrected chi connectivity index (χ1v) is 19.5. The molecule has 55 heavy (non-hydrogen) atoms. The van der Waals surface area contributed by atoms with E-state index in [2.05, 4.69) is 193 Å². The van der Waals surface area contributed by atoms with E-state index in [9.17, 15) is 0 Å². The molecule has 0 radical (unpaired) electrons. The number of para-hydroxylation sites is 2. The Labute approximate surface area is 322 Å². The maximum atomic E-state index is 6.41. The molecule has 2 nitrogen and oxygen atoms in total. The Kier molecular flexibility index (Phi) is 7.39. The van der Waals surface area contributed by atoms with Crippen LogP contribution in [0.1, 0.15) is 0 Å². The van der Waals surface area contributed by atoms with Crippen molar-refractivity contribution in [1.82, 2.24) is 0 Å². The molecular weight excluding hydrogens is 687 g/mol. The number of nitrogens with zero attached hydrogens (tertiary/aromatic N) is 1. The van der Waals surface area contributed by atoms with Gasteiger partial charge in [-0.25, -0.2) is 0 Å². The quantitative estimate of drug-likeness (QED) is 0.170. The van der Waals surface area contributed by atoms with E-state index in [-0.39, 0.29) is 0 Å². The highest BCUT2D eigenvalue weighted by Crippen LogP contribution is 2.43. The average molecular weight is 720 g/mol. The lowest BCUT2D eigenvalue weighted by molar-refractivity contribution is 0.670. The molecule has 0 N–H and O–H groups in total. The average Bonchev–Trinajstić information content (AvgIpc) is 3.83. The van der Waals surface area contributed by atoms with Crippen LogP contribution in [0, 0.1) is 0 Å². The molecule has 0 aliphatic heterocycles. The summed E-state index contributed by atoms with van der Waals surface area (Å²) >= 11 is 1.85. The molecule has 0 unspecified atom stereocenters. The zero-order valence-electron chi connectivity index (χ0n) is 29.8. The van der Waals surface area contributed by atoms with Crippen LogP contribution in [0.25, 0.3) is 86.3 Å². The van der Waals surface area contributed by atoms with Gasteiger partial charge in [-0.1, -0.05) is 140 Å². The predicted molar refractivity (Wildman–Crippen MR) is 235 cm³/mol. The van der Waals surface area contributed by atoms with E-state index in [0.717, 1.165) is 50.1 Å². The molecule has 2 heterocycles. The van der Waals surface area contributed by atoms with E-state index < -0.39 is 0 Å². The van der Waals surface area contributed by atoms with Crippen molar-refractivity contribution < 1.29 is 4.42 Å². The van der Waals surface area contributed by atoms with Gasteiger partial charge < -0.3 is 9.32 Å². The van der Waals surface area contributed by atoms with Crippen molar-refractivity contribution in [1.29, 1.82) is 0 Å². The summed E-state index contributed by atoms with van der Waals surface area (Å²) in [7, 11) is 0. The Morgan fingerprint density at radius 1 is 0.345 bits per heavy atom. The number of hydrogen-bond acceptors (Lipinski definition) is 3. The van der Waals surface area contributed by atoms with Crippen molar-refractivity contribution in [3.05, 3.63) is 200 Å². The number of fused-ring (bicyclic) bond motifs is 7. The third-order valence-electron chi connectivity index (χ3n) is 10.9. The van der Waals surface area contributed by atoms with Gasteiger partial charge in [-0.3, -0.25) is 0 Å². The number of hydrogen-bond donors (Lipinski definition) is 0. The second-order valence-corrected chi connectivity index (χ2v) is 15.2. The van der Waals surface area contributed by atoms with Crippen molar-refractivity contribution in [2.75, 3.05) is 4.90 Å². The fraction of sp³-hybridized carbons (Fsp3) is 0. The van der Waals surface area contributed by atoms with E-state index in [1.54, 1.807) is 0 Å². The van der Waals surface area contributed by atoms with Gasteiger partial charge in [0, 0.05) is 53.6 Å². The molecule has 9 aromatic carbocycles. The van der Waals surface area contributed by atoms with Gasteiger partial charge in [0.25, 0.3) is 0 Å². The van der Waals surface area contributed by atoms with Crippen molar-refractivity contribution in [2.45, 2.75) is 0 Å². The molecule has 2 aromatic heterocycles. The van der Waals surface area contributed by atoms with Crippen LogP contribution >= 0.6 is 11.3 Å². The molecule has 0 aliphatic rings. The minimum atomic E-state index is 0.910. The first-order chi connectivity index (χ1) is 27.2. The molecule has 0 bridgehead atoms. The first-order valence-electron chi connectivity index (χ1n) is 18.7. The number of furan rings is 1. The Balaban J connectivity index is 1.00. The van der Waals surface area contributed by atoms with Crippen LogP contribution in [-0.4, -0.2) is 0 Å². The lowest BCUT2D eigenvalue weighted by atomic mass is 9.95. The summed E-state index contributed by atoms with van der Waals surface area (Å²) in [6, 6.07) is 72.2. The molecule has 3 heteroatoms. The molecule has 0 aliphatic carbocycles. The Hall–Kier alpha value is -6.94. The lowest BCUT2D eigenvalue weighted by Gasteiger charge is -2.26. The van der Waals surface area contributed by atoms with E-state index in [1.807, 2.05) is 23.5 Å². The van der Waals surface area contributed by atoms with Crippen molar-refractivity contribution >= 4 is 81.3 Å². The van der Waals surface area contributed by atoms with E-state index in [0.29, 0.717) is 0 Å². The van der Waals surface area contributed by atoms with Gasteiger partial charge >= 0.3 is 0 Å². The summed E-state index contributed by atoms with van der Waals surface area (Å²) in [5.41, 5.74) is 12.2. The minimum absolute atomic E-state index is 0.910. The highest BCUT2D eigenvalue weighted by atomic mass is 32.1. The number of benzene rings is 9. The maximum Gasteiger partial charge on any atom is 0.143 e. The summed E-state index contributed by atoms with van der Waals surface area (Å²) in [4.78, 5) is 2.37. The third-order valence-corrected chi connectivity index (χ3v) is 12.0. The van der Waals surface area contributed by atoms with Crippen LogP contribution in [0.2, 0.25) is 0 Å². The SMILES string of the molecule is c1cc(-c2ccc(N(c3ccc(-c4cccc5c4oc4ccccc45)cc3)c3ccc4sc5ccccc5c4c3)cc2)cc(-c2cccc3ccccc23)c1. The molecule has 0 atom stereocenters. The van der Waals surface area contributed by atoms with Gasteiger partial charge in [0.15, 0.2) is 0 Å². The van der Waals surface area contributed by atoms with Gasteiger partial charge in [0.2, 0.25) is 0 Å². The largest absolute Gasteiger partial charge is 0.455 e. The normalized spacial score (nSPS) is 11.6. The van der Waals surface area contributed by atoms with Crippen LogP contribution in [-0.2, 0) is 0 Å². The van der Waals surface area contributed by atoms with Gasteiger partial charge in [-0.2, -0.15) is 0 Å². The predicted octanol–water partition coefficient (Wildman–Crippen LogP) is 15.6. The molecule has 0 fully saturated rings. The first kappa shape index (κ1) is 31.6. The Morgan fingerprint density at radius 3 is 1.80 bits per heavy atom. The lowest BCUT2D eigenvalue weighted by Crippen LogP contribution is -2.09. The molecule has 11 rings (SSSR count). The summed E-state index contributed by atoms with van der Waals surface area (Å²) in [5, 5.41) is 7.37. The fourth-order valence-corrected chi connectivity index (χ4v) is 9.30. The summed E-state index contributed by atoms with van der Waals surface area (Å²) in [5.74, 6) is 0. The Morgan fingerprint density at radius 2 is 0.945 bits per heavy atom. The summed E-state index contributed by atoms with van der Waals surface area (Å²) in [6.45, 7) is 0. The van der Waals surface area contributed by atoms with Gasteiger partial charge in [-0.05, 0) is 99.3 Å². The van der Waals surface area contributed by atoms with Crippen LogP contribution in [0.4, 0.5) is 17.1 Å². The number of rotatable bonds is 6. The van der Waals surface area contributed by atoms with Crippen LogP contribution in [0.15, 0.2) is 205 Å². The monoisotopic (exact) mass is 719 g/mol. The van der Waals surface area contributed by atoms with Gasteiger partial charge in [0.05, 0.1) is 0 Å². The topological polar surface area (TPSA) is 16.4 Å². The van der Waals surface area contributed by atoms with Crippen LogP contribution in [0.5, 0.6) is 0 Å². The molecule has 0 spiro atoms. The van der Waals surface area contributed by atoms with Crippen molar-refractivity contribution in [2.24, 2.45) is 0 Å². The van der Waals surface area contributed by atoms with E-state index >= 15 is 0 Å². The molecule has 0 saturated heterocycles. The zero-order valence-corrected chi connectivity index (χ0v) is 30.6. The zero-order chi connectivity index (χ0) is 36.3. The van der Waals surface area contributed by atoms with Crippen LogP contribution < -0.4 is 4.90 Å². The number of thiophene rings is 1. The van der Waals surface area contributed by atoms with E-state index in [1.165, 1.54) is 53.2 Å². The summed E-state index contributed by atoms with van der Waals surface area (Å²) in [6.07, 6.45) is 0.